The molecule has 1 unspecified atom stereocenters. The zero-order valence-electron chi connectivity index (χ0n) is 16.0. The molecule has 0 bridgehead atoms. The highest BCUT2D eigenvalue weighted by atomic mass is 19.1. The van der Waals surface area contributed by atoms with E-state index in [2.05, 4.69) is 10.6 Å². The minimum Gasteiger partial charge on any atom is -0.380 e. The summed E-state index contributed by atoms with van der Waals surface area (Å²) in [5.74, 6) is -0.296. The molecule has 0 aromatic heterocycles. The molecule has 148 valence electrons. The summed E-state index contributed by atoms with van der Waals surface area (Å²) in [5.41, 5.74) is 1.17. The van der Waals surface area contributed by atoms with Gasteiger partial charge >= 0.3 is 0 Å². The molecule has 3 atom stereocenters. The lowest BCUT2D eigenvalue weighted by Gasteiger charge is -2.32. The van der Waals surface area contributed by atoms with E-state index in [-0.39, 0.29) is 31.3 Å². The van der Waals surface area contributed by atoms with Gasteiger partial charge in [-0.1, -0.05) is 31.2 Å². The number of hydrogen-bond acceptors (Lipinski definition) is 4. The molecule has 1 heterocycles. The molecule has 0 radical (unpaired) electrons. The standard InChI is InChI=1S/C21H25FN4O2/c1-21(20(28)25-17-5-3-2-4-6-17)9-7-16(8-10-21)24-13-19(27)26-14-15(22)11-18(26)12-23/h2-7,15,18,24H,8-11,13-14H2,1H3,(H,25,28)/t15-,18-,21?/m0/s1. The molecule has 2 N–H and O–H groups in total. The van der Waals surface area contributed by atoms with E-state index < -0.39 is 17.6 Å². The number of anilines is 1. The first-order valence-corrected chi connectivity index (χ1v) is 9.54. The van der Waals surface area contributed by atoms with Crippen LogP contribution in [0.15, 0.2) is 42.1 Å². The van der Waals surface area contributed by atoms with Crippen molar-refractivity contribution in [3.8, 4) is 6.07 Å². The molecular formula is C21H25FN4O2. The molecule has 3 rings (SSSR count). The number of benzene rings is 1. The number of hydrogen-bond donors (Lipinski definition) is 2. The average Bonchev–Trinajstić information content (AvgIpc) is 3.09. The fraction of sp³-hybridized carbons (Fsp3) is 0.476. The number of carbonyl (C=O) groups is 2. The van der Waals surface area contributed by atoms with Crippen molar-refractivity contribution in [2.45, 2.75) is 44.8 Å². The second-order valence-corrected chi connectivity index (χ2v) is 7.69. The number of alkyl halides is 1. The first kappa shape index (κ1) is 19.9. The van der Waals surface area contributed by atoms with Crippen LogP contribution in [0.4, 0.5) is 10.1 Å². The lowest BCUT2D eigenvalue weighted by Crippen LogP contribution is -2.41. The number of amides is 2. The average molecular weight is 384 g/mol. The molecule has 0 spiro atoms. The van der Waals surface area contributed by atoms with E-state index in [1.54, 1.807) is 0 Å². The van der Waals surface area contributed by atoms with Gasteiger partial charge in [0.15, 0.2) is 0 Å². The van der Waals surface area contributed by atoms with Gasteiger partial charge < -0.3 is 15.5 Å². The van der Waals surface area contributed by atoms with Gasteiger partial charge in [0.2, 0.25) is 11.8 Å². The molecule has 1 saturated heterocycles. The molecule has 6 nitrogen and oxygen atoms in total. The van der Waals surface area contributed by atoms with Crippen LogP contribution >= 0.6 is 0 Å². The molecule has 0 saturated carbocycles. The Morgan fingerprint density at radius 1 is 1.36 bits per heavy atom. The van der Waals surface area contributed by atoms with Crippen LogP contribution < -0.4 is 10.6 Å². The van der Waals surface area contributed by atoms with Crippen molar-refractivity contribution < 1.29 is 14.0 Å². The van der Waals surface area contributed by atoms with Gasteiger partial charge in [-0.15, -0.1) is 0 Å². The first-order chi connectivity index (χ1) is 13.4. The number of carbonyl (C=O) groups excluding carboxylic acids is 2. The number of nitrogens with one attached hydrogen (secondary N) is 2. The van der Waals surface area contributed by atoms with Crippen molar-refractivity contribution in [1.82, 2.24) is 10.2 Å². The second-order valence-electron chi connectivity index (χ2n) is 7.69. The highest BCUT2D eigenvalue weighted by molar-refractivity contribution is 5.95. The van der Waals surface area contributed by atoms with E-state index in [0.29, 0.717) is 19.3 Å². The Hall–Kier alpha value is -2.88. The minimum absolute atomic E-state index is 0.0183. The normalized spacial score (nSPS) is 26.9. The van der Waals surface area contributed by atoms with Gasteiger partial charge in [-0.05, 0) is 31.4 Å². The molecule has 1 aromatic rings. The predicted octanol–water partition coefficient (Wildman–Crippen LogP) is 2.75. The molecule has 1 aromatic carbocycles. The topological polar surface area (TPSA) is 85.2 Å². The fourth-order valence-electron chi connectivity index (χ4n) is 3.61. The zero-order valence-corrected chi connectivity index (χ0v) is 16.0. The summed E-state index contributed by atoms with van der Waals surface area (Å²) in [6.45, 7) is 1.95. The first-order valence-electron chi connectivity index (χ1n) is 9.54. The Morgan fingerprint density at radius 2 is 2.11 bits per heavy atom. The Labute approximate surface area is 164 Å². The summed E-state index contributed by atoms with van der Waals surface area (Å²) in [7, 11) is 0. The molecule has 1 aliphatic heterocycles. The maximum atomic E-state index is 13.5. The second kappa shape index (κ2) is 8.42. The molecular weight excluding hydrogens is 359 g/mol. The smallest absolute Gasteiger partial charge is 0.243 e. The summed E-state index contributed by atoms with van der Waals surface area (Å²) in [6.07, 6.45) is 2.78. The maximum absolute atomic E-state index is 13.5. The van der Waals surface area contributed by atoms with E-state index in [9.17, 15) is 14.0 Å². The maximum Gasteiger partial charge on any atom is 0.243 e. The fourth-order valence-corrected chi connectivity index (χ4v) is 3.61. The summed E-state index contributed by atoms with van der Waals surface area (Å²) >= 11 is 0. The van der Waals surface area contributed by atoms with E-state index >= 15 is 0 Å². The lowest BCUT2D eigenvalue weighted by atomic mass is 9.77. The molecule has 7 heteroatoms. The molecule has 28 heavy (non-hydrogen) atoms. The van der Waals surface area contributed by atoms with Gasteiger partial charge in [-0.3, -0.25) is 9.59 Å². The Balaban J connectivity index is 1.51. The van der Waals surface area contributed by atoms with Crippen molar-refractivity contribution in [2.75, 3.05) is 18.4 Å². The Bertz CT molecular complexity index is 804. The van der Waals surface area contributed by atoms with Crippen LogP contribution in [0.5, 0.6) is 0 Å². The molecule has 2 amide bonds. The third kappa shape index (κ3) is 4.50. The van der Waals surface area contributed by atoms with Gasteiger partial charge in [0, 0.05) is 17.8 Å². The zero-order chi connectivity index (χ0) is 20.1. The van der Waals surface area contributed by atoms with Crippen LogP contribution in [0.1, 0.15) is 32.6 Å². The highest BCUT2D eigenvalue weighted by Crippen LogP contribution is 2.35. The summed E-state index contributed by atoms with van der Waals surface area (Å²) in [5, 5.41) is 15.1. The SMILES string of the molecule is CC1(C(=O)Nc2ccccc2)CC=C(NCC(=O)N2C[C@@H](F)C[C@H]2C#N)CC1. The van der Waals surface area contributed by atoms with Crippen molar-refractivity contribution in [1.29, 1.82) is 5.26 Å². The van der Waals surface area contributed by atoms with Crippen molar-refractivity contribution >= 4 is 17.5 Å². The van der Waals surface area contributed by atoms with Crippen LogP contribution in [0.2, 0.25) is 0 Å². The largest absolute Gasteiger partial charge is 0.380 e. The predicted molar refractivity (Wildman–Crippen MR) is 104 cm³/mol. The Kier molecular flexibility index (Phi) is 5.98. The van der Waals surface area contributed by atoms with Crippen molar-refractivity contribution in [3.05, 3.63) is 42.1 Å². The number of halogens is 1. The third-order valence-electron chi connectivity index (χ3n) is 5.51. The monoisotopic (exact) mass is 384 g/mol. The highest BCUT2D eigenvalue weighted by Gasteiger charge is 2.36. The molecule has 1 fully saturated rings. The number of nitriles is 1. The van der Waals surface area contributed by atoms with Crippen LogP contribution in [0.3, 0.4) is 0 Å². The van der Waals surface area contributed by atoms with E-state index in [0.717, 1.165) is 11.4 Å². The van der Waals surface area contributed by atoms with Crippen molar-refractivity contribution in [3.63, 3.8) is 0 Å². The molecule has 1 aliphatic carbocycles. The number of nitrogens with zero attached hydrogens (tertiary/aromatic N) is 2. The van der Waals surface area contributed by atoms with Gasteiger partial charge in [0.1, 0.15) is 12.2 Å². The van der Waals surface area contributed by atoms with Gasteiger partial charge in [-0.25, -0.2) is 4.39 Å². The van der Waals surface area contributed by atoms with Crippen molar-refractivity contribution in [2.24, 2.45) is 5.41 Å². The number of allylic oxidation sites excluding steroid dienone is 2. The number of likely N-dealkylation sites (tertiary alicyclic amines) is 1. The van der Waals surface area contributed by atoms with Crippen LogP contribution in [-0.2, 0) is 9.59 Å². The minimum atomic E-state index is -1.13. The quantitative estimate of drug-likeness (QED) is 0.817. The molecule has 2 aliphatic rings. The van der Waals surface area contributed by atoms with E-state index in [4.69, 9.17) is 5.26 Å². The van der Waals surface area contributed by atoms with Gasteiger partial charge in [0.25, 0.3) is 0 Å². The summed E-state index contributed by atoms with van der Waals surface area (Å²) in [6, 6.07) is 10.7. The van der Waals surface area contributed by atoms with E-state index in [1.165, 1.54) is 4.90 Å². The Morgan fingerprint density at radius 3 is 2.75 bits per heavy atom. The van der Waals surface area contributed by atoms with Crippen LogP contribution in [0, 0.1) is 16.7 Å². The van der Waals surface area contributed by atoms with Crippen LogP contribution in [0.25, 0.3) is 0 Å². The summed E-state index contributed by atoms with van der Waals surface area (Å²) in [4.78, 5) is 26.2. The van der Waals surface area contributed by atoms with Crippen LogP contribution in [-0.4, -0.2) is 42.0 Å². The number of para-hydroxylation sites is 1. The number of rotatable bonds is 5. The van der Waals surface area contributed by atoms with Gasteiger partial charge in [-0.2, -0.15) is 5.26 Å². The van der Waals surface area contributed by atoms with Gasteiger partial charge in [0.05, 0.1) is 24.6 Å². The summed E-state index contributed by atoms with van der Waals surface area (Å²) < 4.78 is 13.5. The lowest BCUT2D eigenvalue weighted by molar-refractivity contribution is -0.130. The third-order valence-corrected chi connectivity index (χ3v) is 5.51. The van der Waals surface area contributed by atoms with E-state index in [1.807, 2.05) is 49.4 Å².